The lowest BCUT2D eigenvalue weighted by atomic mass is 9.87. The Bertz CT molecular complexity index is 897. The molecule has 28 heavy (non-hydrogen) atoms. The third kappa shape index (κ3) is 3.58. The first-order valence-corrected chi connectivity index (χ1v) is 8.99. The van der Waals surface area contributed by atoms with Crippen LogP contribution in [0, 0.1) is 0 Å². The van der Waals surface area contributed by atoms with Gasteiger partial charge in [0.1, 0.15) is 5.71 Å². The van der Waals surface area contributed by atoms with Crippen LogP contribution < -0.4 is 0 Å². The van der Waals surface area contributed by atoms with Crippen molar-refractivity contribution in [3.05, 3.63) is 65.5 Å². The minimum Gasteiger partial charge on any atom is -0.387 e. The van der Waals surface area contributed by atoms with Crippen LogP contribution >= 0.6 is 0 Å². The van der Waals surface area contributed by atoms with E-state index >= 15 is 0 Å². The molecule has 8 heteroatoms. The summed E-state index contributed by atoms with van der Waals surface area (Å²) in [7, 11) is 0. The molecule has 1 aromatic carbocycles. The lowest BCUT2D eigenvalue weighted by Crippen LogP contribution is -2.50. The highest BCUT2D eigenvalue weighted by molar-refractivity contribution is 6.00. The summed E-state index contributed by atoms with van der Waals surface area (Å²) in [5.74, 6) is -0.303. The molecule has 1 aromatic heterocycles. The number of rotatable bonds is 2. The van der Waals surface area contributed by atoms with Gasteiger partial charge in [-0.1, -0.05) is 11.2 Å². The highest BCUT2D eigenvalue weighted by Crippen LogP contribution is 2.35. The van der Waals surface area contributed by atoms with Crippen LogP contribution in [0.15, 0.2) is 53.8 Å². The van der Waals surface area contributed by atoms with E-state index in [0.29, 0.717) is 19.5 Å². The van der Waals surface area contributed by atoms with E-state index < -0.39 is 17.3 Å². The van der Waals surface area contributed by atoms with Crippen LogP contribution in [0.4, 0.5) is 13.2 Å². The molecule has 0 aliphatic carbocycles. The molecule has 1 spiro atoms. The molecule has 1 unspecified atom stereocenters. The summed E-state index contributed by atoms with van der Waals surface area (Å²) in [4.78, 5) is 24.4. The fraction of sp³-hybridized carbons (Fsp3) is 0.350. The van der Waals surface area contributed by atoms with Gasteiger partial charge in [-0.05, 0) is 49.2 Å². The molecule has 1 fully saturated rings. The van der Waals surface area contributed by atoms with Crippen molar-refractivity contribution in [2.24, 2.45) is 5.16 Å². The summed E-state index contributed by atoms with van der Waals surface area (Å²) in [6, 6.07) is 9.85. The van der Waals surface area contributed by atoms with Gasteiger partial charge in [-0.25, -0.2) is 0 Å². The molecule has 2 aromatic rings. The lowest BCUT2D eigenvalue weighted by molar-refractivity contribution is -0.137. The van der Waals surface area contributed by atoms with Crippen LogP contribution in [-0.2, 0) is 11.0 Å². The van der Waals surface area contributed by atoms with Crippen LogP contribution in [0.1, 0.15) is 40.9 Å². The molecule has 0 bridgehead atoms. The summed E-state index contributed by atoms with van der Waals surface area (Å²) < 4.78 is 38.2. The van der Waals surface area contributed by atoms with E-state index in [1.807, 2.05) is 18.2 Å². The number of alkyl halides is 3. The van der Waals surface area contributed by atoms with Gasteiger partial charge in [0.25, 0.3) is 5.91 Å². The largest absolute Gasteiger partial charge is 0.416 e. The third-order valence-corrected chi connectivity index (χ3v) is 5.09. The van der Waals surface area contributed by atoms with Crippen molar-refractivity contribution < 1.29 is 22.8 Å². The average Bonchev–Trinajstić information content (AvgIpc) is 3.10. The van der Waals surface area contributed by atoms with Crippen molar-refractivity contribution >= 4 is 11.6 Å². The molecule has 1 amide bonds. The Balaban J connectivity index is 1.46. The monoisotopic (exact) mass is 389 g/mol. The van der Waals surface area contributed by atoms with E-state index in [0.717, 1.165) is 36.4 Å². The summed E-state index contributed by atoms with van der Waals surface area (Å²) in [6.45, 7) is 0.872. The zero-order chi connectivity index (χ0) is 19.8. The Morgan fingerprint density at radius 1 is 1.14 bits per heavy atom. The standard InChI is InChI=1S/C20H18F3N3O2/c21-20(22,23)15-7-5-14(6-8-15)18(27)26-11-3-9-19(13-26)12-17(25-28-19)16-4-1-2-10-24-16/h1-2,4-8,10H,3,9,11-13H2. The van der Waals surface area contributed by atoms with Gasteiger partial charge in [-0.2, -0.15) is 13.2 Å². The van der Waals surface area contributed by atoms with E-state index in [9.17, 15) is 18.0 Å². The quantitative estimate of drug-likeness (QED) is 0.783. The van der Waals surface area contributed by atoms with Crippen LogP contribution in [-0.4, -0.2) is 40.2 Å². The number of pyridine rings is 1. The third-order valence-electron chi connectivity index (χ3n) is 5.09. The first-order chi connectivity index (χ1) is 13.4. The highest BCUT2D eigenvalue weighted by atomic mass is 19.4. The first-order valence-electron chi connectivity index (χ1n) is 8.99. The Morgan fingerprint density at radius 2 is 1.93 bits per heavy atom. The van der Waals surface area contributed by atoms with Crippen molar-refractivity contribution in [3.63, 3.8) is 0 Å². The lowest BCUT2D eigenvalue weighted by Gasteiger charge is -2.38. The van der Waals surface area contributed by atoms with Crippen molar-refractivity contribution in [2.75, 3.05) is 13.1 Å². The number of nitrogens with zero attached hydrogens (tertiary/aromatic N) is 3. The maximum absolute atomic E-state index is 12.8. The second-order valence-electron chi connectivity index (χ2n) is 7.11. The smallest absolute Gasteiger partial charge is 0.387 e. The van der Waals surface area contributed by atoms with Crippen molar-refractivity contribution in [3.8, 4) is 0 Å². The maximum Gasteiger partial charge on any atom is 0.416 e. The number of halogens is 3. The Morgan fingerprint density at radius 3 is 2.61 bits per heavy atom. The first kappa shape index (κ1) is 18.5. The second kappa shape index (κ2) is 6.92. The SMILES string of the molecule is O=C(c1ccc(C(F)(F)F)cc1)N1CCCC2(CC(c3ccccn3)=NO2)C1. The second-order valence-corrected chi connectivity index (χ2v) is 7.11. The molecule has 146 valence electrons. The number of benzene rings is 1. The van der Waals surface area contributed by atoms with Gasteiger partial charge in [0, 0.05) is 24.7 Å². The van der Waals surface area contributed by atoms with E-state index in [1.165, 1.54) is 12.1 Å². The van der Waals surface area contributed by atoms with Gasteiger partial charge in [0.2, 0.25) is 0 Å². The number of hydrogen-bond donors (Lipinski definition) is 0. The zero-order valence-electron chi connectivity index (χ0n) is 14.9. The topological polar surface area (TPSA) is 54.8 Å². The van der Waals surface area contributed by atoms with Crippen molar-refractivity contribution in [1.29, 1.82) is 0 Å². The predicted molar refractivity (Wildman–Crippen MR) is 95.8 cm³/mol. The molecule has 2 aliphatic rings. The number of oxime groups is 1. The molecular formula is C20H18F3N3O2. The average molecular weight is 389 g/mol. The molecule has 0 N–H and O–H groups in total. The van der Waals surface area contributed by atoms with Crippen molar-refractivity contribution in [1.82, 2.24) is 9.88 Å². The fourth-order valence-electron chi connectivity index (χ4n) is 3.67. The van der Waals surface area contributed by atoms with Crippen molar-refractivity contribution in [2.45, 2.75) is 31.0 Å². The van der Waals surface area contributed by atoms with Crippen LogP contribution in [0.3, 0.4) is 0 Å². The molecule has 1 saturated heterocycles. The van der Waals surface area contributed by atoms with Gasteiger partial charge in [-0.15, -0.1) is 0 Å². The highest BCUT2D eigenvalue weighted by Gasteiger charge is 2.44. The molecule has 0 saturated carbocycles. The Hall–Kier alpha value is -2.90. The maximum atomic E-state index is 12.8. The van der Waals surface area contributed by atoms with Gasteiger partial charge in [0.05, 0.1) is 17.8 Å². The number of hydrogen-bond acceptors (Lipinski definition) is 4. The van der Waals surface area contributed by atoms with E-state index in [2.05, 4.69) is 10.1 Å². The Kier molecular flexibility index (Phi) is 4.56. The number of likely N-dealkylation sites (tertiary alicyclic amines) is 1. The molecule has 2 aliphatic heterocycles. The van der Waals surface area contributed by atoms with E-state index in [-0.39, 0.29) is 11.5 Å². The molecular weight excluding hydrogens is 371 g/mol. The molecule has 4 rings (SSSR count). The number of carbonyl (C=O) groups excluding carboxylic acids is 1. The molecule has 0 radical (unpaired) electrons. The van der Waals surface area contributed by atoms with E-state index in [4.69, 9.17) is 4.84 Å². The minimum atomic E-state index is -4.42. The zero-order valence-corrected chi connectivity index (χ0v) is 14.9. The van der Waals surface area contributed by atoms with Gasteiger partial charge in [-0.3, -0.25) is 9.78 Å². The van der Waals surface area contributed by atoms with Gasteiger partial charge < -0.3 is 9.74 Å². The normalized spacial score (nSPS) is 22.1. The predicted octanol–water partition coefficient (Wildman–Crippen LogP) is 3.90. The number of carbonyl (C=O) groups is 1. The summed E-state index contributed by atoms with van der Waals surface area (Å²) in [5.41, 5.74) is 0.336. The van der Waals surface area contributed by atoms with Gasteiger partial charge >= 0.3 is 6.18 Å². The Labute approximate surface area is 159 Å². The van der Waals surface area contributed by atoms with Crippen LogP contribution in [0.25, 0.3) is 0 Å². The van der Waals surface area contributed by atoms with Crippen LogP contribution in [0.5, 0.6) is 0 Å². The molecule has 5 nitrogen and oxygen atoms in total. The summed E-state index contributed by atoms with van der Waals surface area (Å²) in [5, 5.41) is 4.18. The molecule has 1 atom stereocenters. The summed E-state index contributed by atoms with van der Waals surface area (Å²) >= 11 is 0. The van der Waals surface area contributed by atoms with E-state index in [1.54, 1.807) is 11.1 Å². The van der Waals surface area contributed by atoms with Gasteiger partial charge in [0.15, 0.2) is 5.60 Å². The molecule has 3 heterocycles. The fourth-order valence-corrected chi connectivity index (χ4v) is 3.67. The number of piperidine rings is 1. The number of amides is 1. The minimum absolute atomic E-state index is 0.230. The van der Waals surface area contributed by atoms with Crippen LogP contribution in [0.2, 0.25) is 0 Å². The number of aromatic nitrogens is 1. The summed E-state index contributed by atoms with van der Waals surface area (Å²) in [6.07, 6.45) is -0.709.